The molecule has 2 N–H and O–H groups in total. The molecule has 0 aliphatic rings. The Kier molecular flexibility index (Phi) is 5.77. The summed E-state index contributed by atoms with van der Waals surface area (Å²) in [7, 11) is 0. The zero-order chi connectivity index (χ0) is 24.4. The number of ether oxygens (including phenoxy) is 1. The van der Waals surface area contributed by atoms with Crippen molar-refractivity contribution in [3.63, 3.8) is 0 Å². The van der Waals surface area contributed by atoms with E-state index in [0.29, 0.717) is 23.4 Å². The van der Waals surface area contributed by atoms with Gasteiger partial charge in [0, 0.05) is 35.5 Å². The first-order valence-electron chi connectivity index (χ1n) is 11.2. The van der Waals surface area contributed by atoms with Gasteiger partial charge < -0.3 is 15.2 Å². The number of aromatic nitrogens is 4. The molecule has 0 radical (unpaired) electrons. The van der Waals surface area contributed by atoms with E-state index in [-0.39, 0.29) is 6.61 Å². The smallest absolute Gasteiger partial charge is 0.138 e. The molecule has 8 heteroatoms. The fraction of sp³-hybridized carbons (Fsp3) is 0.185. The predicted octanol–water partition coefficient (Wildman–Crippen LogP) is 4.58. The molecule has 0 saturated heterocycles. The number of aliphatic hydroxyl groups is 1. The average molecular weight is 465 g/mol. The molecule has 0 unspecified atom stereocenters. The first kappa shape index (κ1) is 22.3. The maximum atomic E-state index is 10.0. The van der Waals surface area contributed by atoms with E-state index >= 15 is 0 Å². The molecule has 35 heavy (non-hydrogen) atoms. The maximum Gasteiger partial charge on any atom is 0.138 e. The molecule has 8 nitrogen and oxygen atoms in total. The Labute approximate surface area is 202 Å². The summed E-state index contributed by atoms with van der Waals surface area (Å²) in [6.45, 7) is 4.11. The second-order valence-electron chi connectivity index (χ2n) is 8.97. The van der Waals surface area contributed by atoms with Crippen molar-refractivity contribution in [2.45, 2.75) is 26.0 Å². The van der Waals surface area contributed by atoms with Gasteiger partial charge in [-0.2, -0.15) is 10.4 Å². The number of pyridine rings is 3. The number of fused-ring (bicyclic) bond motifs is 2. The predicted molar refractivity (Wildman–Crippen MR) is 134 cm³/mol. The van der Waals surface area contributed by atoms with Crippen molar-refractivity contribution in [2.24, 2.45) is 0 Å². The molecule has 0 atom stereocenters. The molecular weight excluding hydrogens is 440 g/mol. The van der Waals surface area contributed by atoms with E-state index < -0.39 is 5.60 Å². The molecule has 0 aliphatic heterocycles. The molecule has 4 aromatic heterocycles. The van der Waals surface area contributed by atoms with Gasteiger partial charge in [-0.25, -0.2) is 9.50 Å². The Balaban J connectivity index is 1.40. The van der Waals surface area contributed by atoms with Gasteiger partial charge in [-0.3, -0.25) is 4.98 Å². The first-order valence-corrected chi connectivity index (χ1v) is 11.2. The number of nitriles is 1. The average Bonchev–Trinajstić information content (AvgIpc) is 3.29. The van der Waals surface area contributed by atoms with Crippen molar-refractivity contribution in [1.82, 2.24) is 19.6 Å². The summed E-state index contributed by atoms with van der Waals surface area (Å²) < 4.78 is 7.41. The molecule has 0 saturated carbocycles. The van der Waals surface area contributed by atoms with Crippen LogP contribution in [0.2, 0.25) is 0 Å². The third kappa shape index (κ3) is 4.90. The van der Waals surface area contributed by atoms with E-state index in [4.69, 9.17) is 4.74 Å². The number of nitrogens with one attached hydrogen (secondary N) is 1. The molecule has 0 aliphatic carbocycles. The van der Waals surface area contributed by atoms with Crippen LogP contribution in [0.3, 0.4) is 0 Å². The van der Waals surface area contributed by atoms with Crippen LogP contribution in [0.4, 0.5) is 5.82 Å². The molecule has 4 heterocycles. The number of hydrogen-bond acceptors (Lipinski definition) is 7. The maximum absolute atomic E-state index is 10.0. The number of benzene rings is 1. The zero-order valence-electron chi connectivity index (χ0n) is 19.4. The minimum atomic E-state index is -0.979. The van der Waals surface area contributed by atoms with Crippen LogP contribution in [0.15, 0.2) is 73.3 Å². The van der Waals surface area contributed by atoms with Crippen LogP contribution >= 0.6 is 0 Å². The minimum Gasteiger partial charge on any atom is -0.489 e. The Hall–Kier alpha value is -4.48. The van der Waals surface area contributed by atoms with Crippen LogP contribution in [0.25, 0.3) is 27.5 Å². The topological polar surface area (TPSA) is 108 Å². The van der Waals surface area contributed by atoms with Crippen LogP contribution in [-0.4, -0.2) is 36.9 Å². The fourth-order valence-electron chi connectivity index (χ4n) is 3.82. The van der Waals surface area contributed by atoms with Crippen LogP contribution in [0.1, 0.15) is 25.0 Å². The normalized spacial score (nSPS) is 11.5. The van der Waals surface area contributed by atoms with E-state index in [9.17, 15) is 10.4 Å². The monoisotopic (exact) mass is 464 g/mol. The molecule has 1 aromatic carbocycles. The summed E-state index contributed by atoms with van der Waals surface area (Å²) in [5.41, 5.74) is 3.85. The van der Waals surface area contributed by atoms with Gasteiger partial charge in [0.05, 0.1) is 34.6 Å². The summed E-state index contributed by atoms with van der Waals surface area (Å²) >= 11 is 0. The van der Waals surface area contributed by atoms with Gasteiger partial charge in [-0.05, 0) is 55.8 Å². The number of anilines is 1. The summed E-state index contributed by atoms with van der Waals surface area (Å²) in [6, 6.07) is 18.0. The van der Waals surface area contributed by atoms with Gasteiger partial charge in [-0.15, -0.1) is 0 Å². The molecule has 0 fully saturated rings. The summed E-state index contributed by atoms with van der Waals surface area (Å²) in [6.07, 6.45) is 6.78. The van der Waals surface area contributed by atoms with Crippen LogP contribution in [-0.2, 0) is 6.54 Å². The van der Waals surface area contributed by atoms with E-state index in [2.05, 4.69) is 38.6 Å². The first-order chi connectivity index (χ1) is 16.9. The molecule has 5 rings (SSSR count). The number of hydrogen-bond donors (Lipinski definition) is 2. The molecule has 5 aromatic rings. The van der Waals surface area contributed by atoms with Crippen LogP contribution in [0, 0.1) is 11.3 Å². The highest BCUT2D eigenvalue weighted by Crippen LogP contribution is 2.31. The minimum absolute atomic E-state index is 0.121. The van der Waals surface area contributed by atoms with E-state index in [1.807, 2.05) is 36.4 Å². The Morgan fingerprint density at radius 1 is 1.11 bits per heavy atom. The second kappa shape index (κ2) is 9.05. The van der Waals surface area contributed by atoms with E-state index in [1.165, 1.54) is 6.20 Å². The Morgan fingerprint density at radius 3 is 2.77 bits per heavy atom. The molecule has 0 amide bonds. The standard InChI is InChI=1S/C27H24N6O2/c1-27(2,34)17-35-22-11-23(26-21(12-28)15-32-33(26)16-22)20-6-8-25(31-14-20)30-13-18-5-7-24-19(10-18)4-3-9-29-24/h3-11,14-16,34H,13,17H2,1-2H3,(H,30,31). The van der Waals surface area contributed by atoms with Gasteiger partial charge in [0.15, 0.2) is 0 Å². The third-order valence-corrected chi connectivity index (χ3v) is 5.51. The fourth-order valence-corrected chi connectivity index (χ4v) is 3.82. The van der Waals surface area contributed by atoms with Crippen molar-refractivity contribution in [3.05, 3.63) is 84.4 Å². The zero-order valence-corrected chi connectivity index (χ0v) is 19.4. The van der Waals surface area contributed by atoms with Crippen molar-refractivity contribution in [2.75, 3.05) is 11.9 Å². The van der Waals surface area contributed by atoms with Crippen molar-refractivity contribution in [1.29, 1.82) is 5.26 Å². The lowest BCUT2D eigenvalue weighted by atomic mass is 10.1. The second-order valence-corrected chi connectivity index (χ2v) is 8.97. The lowest BCUT2D eigenvalue weighted by molar-refractivity contribution is 0.0283. The molecular formula is C27H24N6O2. The van der Waals surface area contributed by atoms with Gasteiger partial charge in [-0.1, -0.05) is 12.1 Å². The molecule has 174 valence electrons. The molecule has 0 bridgehead atoms. The van der Waals surface area contributed by atoms with Crippen LogP contribution < -0.4 is 10.1 Å². The van der Waals surface area contributed by atoms with Gasteiger partial charge in [0.25, 0.3) is 0 Å². The van der Waals surface area contributed by atoms with Crippen molar-refractivity contribution in [3.8, 4) is 22.9 Å². The highest BCUT2D eigenvalue weighted by atomic mass is 16.5. The highest BCUT2D eigenvalue weighted by Gasteiger charge is 2.17. The summed E-state index contributed by atoms with van der Waals surface area (Å²) in [4.78, 5) is 8.94. The summed E-state index contributed by atoms with van der Waals surface area (Å²) in [5.74, 6) is 1.27. The SMILES string of the molecule is CC(C)(O)COc1cc(-c2ccc(NCc3ccc4ncccc4c3)nc2)c2c(C#N)cnn2c1. The van der Waals surface area contributed by atoms with Gasteiger partial charge >= 0.3 is 0 Å². The number of nitrogens with zero attached hydrogens (tertiary/aromatic N) is 5. The van der Waals surface area contributed by atoms with E-state index in [0.717, 1.165) is 33.4 Å². The van der Waals surface area contributed by atoms with Crippen molar-refractivity contribution < 1.29 is 9.84 Å². The van der Waals surface area contributed by atoms with Gasteiger partial charge in [0.1, 0.15) is 24.2 Å². The van der Waals surface area contributed by atoms with E-state index in [1.54, 1.807) is 37.0 Å². The van der Waals surface area contributed by atoms with Crippen LogP contribution in [0.5, 0.6) is 5.75 Å². The third-order valence-electron chi connectivity index (χ3n) is 5.51. The Morgan fingerprint density at radius 2 is 2.00 bits per heavy atom. The van der Waals surface area contributed by atoms with Crippen molar-refractivity contribution >= 4 is 22.2 Å². The number of rotatable bonds is 7. The molecule has 0 spiro atoms. The quantitative estimate of drug-likeness (QED) is 0.363. The largest absolute Gasteiger partial charge is 0.489 e. The lowest BCUT2D eigenvalue weighted by Gasteiger charge is -2.18. The Bertz CT molecular complexity index is 1540. The summed E-state index contributed by atoms with van der Waals surface area (Å²) in [5, 5.41) is 28.3. The lowest BCUT2D eigenvalue weighted by Crippen LogP contribution is -2.27. The highest BCUT2D eigenvalue weighted by molar-refractivity contribution is 5.85. The van der Waals surface area contributed by atoms with Gasteiger partial charge in [0.2, 0.25) is 0 Å².